The van der Waals surface area contributed by atoms with Crippen molar-refractivity contribution in [2.45, 2.75) is 13.1 Å². The second kappa shape index (κ2) is 5.27. The number of hydrogen-bond acceptors (Lipinski definition) is 4. The van der Waals surface area contributed by atoms with Gasteiger partial charge in [-0.1, -0.05) is 30.3 Å². The summed E-state index contributed by atoms with van der Waals surface area (Å²) in [6.07, 6.45) is 0.123. The second-order valence-corrected chi connectivity index (χ2v) is 6.68. The van der Waals surface area contributed by atoms with E-state index in [1.807, 2.05) is 36.4 Å². The molecular formula is C22H17N3O. The van der Waals surface area contributed by atoms with Gasteiger partial charge in [-0.2, -0.15) is 5.26 Å². The van der Waals surface area contributed by atoms with Crippen LogP contribution in [0.4, 0.5) is 17.1 Å². The van der Waals surface area contributed by atoms with Crippen LogP contribution in [0.5, 0.6) is 0 Å². The molecule has 0 saturated heterocycles. The van der Waals surface area contributed by atoms with Crippen molar-refractivity contribution in [3.63, 3.8) is 0 Å². The van der Waals surface area contributed by atoms with E-state index in [1.165, 1.54) is 0 Å². The minimum Gasteiger partial charge on any atom is -0.454 e. The first-order chi connectivity index (χ1) is 12.7. The smallest absolute Gasteiger partial charge is 0.159 e. The predicted octanol–water partition coefficient (Wildman–Crippen LogP) is 5.39. The summed E-state index contributed by atoms with van der Waals surface area (Å²) in [5.74, 6) is 0. The molecule has 0 amide bonds. The van der Waals surface area contributed by atoms with E-state index >= 15 is 0 Å². The zero-order valence-corrected chi connectivity index (χ0v) is 14.6. The van der Waals surface area contributed by atoms with Crippen LogP contribution in [0.2, 0.25) is 0 Å². The lowest BCUT2D eigenvalue weighted by Crippen LogP contribution is -2.35. The Hall–Kier alpha value is -3.45. The molecule has 1 aliphatic heterocycles. The van der Waals surface area contributed by atoms with Gasteiger partial charge in [0.25, 0.3) is 0 Å². The van der Waals surface area contributed by atoms with Crippen molar-refractivity contribution in [1.82, 2.24) is 0 Å². The van der Waals surface area contributed by atoms with E-state index in [9.17, 15) is 5.26 Å². The molecule has 4 nitrogen and oxygen atoms in total. The number of furan rings is 1. The molecule has 0 N–H and O–H groups in total. The molecule has 126 valence electrons. The fourth-order valence-corrected chi connectivity index (χ4v) is 3.91. The number of benzene rings is 3. The maximum absolute atomic E-state index is 9.32. The monoisotopic (exact) mass is 339 g/mol. The van der Waals surface area contributed by atoms with Crippen molar-refractivity contribution >= 4 is 39.0 Å². The lowest BCUT2D eigenvalue weighted by molar-refractivity contribution is 0.662. The fraction of sp³-hybridized carbons (Fsp3) is 0.136. The van der Waals surface area contributed by atoms with Gasteiger partial charge in [0.1, 0.15) is 11.7 Å². The predicted molar refractivity (Wildman–Crippen MR) is 105 cm³/mol. The number of fused-ring (bicyclic) bond motifs is 4. The second-order valence-electron chi connectivity index (χ2n) is 6.68. The number of hydrogen-bond donors (Lipinski definition) is 0. The van der Waals surface area contributed by atoms with Crippen molar-refractivity contribution in [1.29, 1.82) is 5.26 Å². The van der Waals surface area contributed by atoms with Crippen LogP contribution in [0.15, 0.2) is 65.1 Å². The number of rotatable bonds is 1. The number of para-hydroxylation sites is 2. The zero-order valence-electron chi connectivity index (χ0n) is 14.6. The maximum Gasteiger partial charge on any atom is 0.159 e. The molecule has 0 spiro atoms. The van der Waals surface area contributed by atoms with Gasteiger partial charge < -0.3 is 14.2 Å². The third-order valence-electron chi connectivity index (χ3n) is 5.32. The van der Waals surface area contributed by atoms with Gasteiger partial charge in [-0.3, -0.25) is 0 Å². The van der Waals surface area contributed by atoms with E-state index in [2.05, 4.69) is 54.1 Å². The van der Waals surface area contributed by atoms with E-state index in [1.54, 1.807) is 0 Å². The highest BCUT2D eigenvalue weighted by Crippen LogP contribution is 2.46. The molecule has 26 heavy (non-hydrogen) atoms. The van der Waals surface area contributed by atoms with Crippen LogP contribution in [-0.2, 0) is 0 Å². The van der Waals surface area contributed by atoms with E-state index < -0.39 is 0 Å². The minimum absolute atomic E-state index is 0.123. The van der Waals surface area contributed by atoms with Gasteiger partial charge in [-0.25, -0.2) is 0 Å². The Morgan fingerprint density at radius 3 is 2.58 bits per heavy atom. The van der Waals surface area contributed by atoms with Crippen molar-refractivity contribution in [3.8, 4) is 6.07 Å². The molecule has 5 rings (SSSR count). The molecule has 0 aliphatic carbocycles. The third kappa shape index (κ3) is 1.89. The Labute approximate surface area is 151 Å². The highest BCUT2D eigenvalue weighted by Gasteiger charge is 2.33. The molecule has 0 bridgehead atoms. The largest absolute Gasteiger partial charge is 0.454 e. The molecule has 4 aromatic rings. The summed E-state index contributed by atoms with van der Waals surface area (Å²) < 4.78 is 6.23. The first-order valence-corrected chi connectivity index (χ1v) is 8.65. The highest BCUT2D eigenvalue weighted by molar-refractivity contribution is 6.10. The van der Waals surface area contributed by atoms with Crippen molar-refractivity contribution < 1.29 is 4.42 Å². The van der Waals surface area contributed by atoms with Gasteiger partial charge >= 0.3 is 0 Å². The summed E-state index contributed by atoms with van der Waals surface area (Å²) >= 11 is 0. The van der Waals surface area contributed by atoms with Crippen LogP contribution in [0.1, 0.15) is 12.5 Å². The average Bonchev–Trinajstić information content (AvgIpc) is 3.17. The maximum atomic E-state index is 9.32. The molecular weight excluding hydrogens is 322 g/mol. The summed E-state index contributed by atoms with van der Waals surface area (Å²) in [5, 5.41) is 11.6. The standard InChI is InChI=1S/C22H17N3O/c1-14-24(2)18-11-10-15(13-23)12-20(18)25(14)19-8-5-7-17-16-6-3-4-9-21(16)26-22(17)19/h3-12,14H,1-2H3/t14-/m0/s1. The average molecular weight is 339 g/mol. The SMILES string of the molecule is C[C@H]1N(C)c2ccc(C#N)cc2N1c1cccc2c1oc1ccccc12. The van der Waals surface area contributed by atoms with Gasteiger partial charge in [0.05, 0.1) is 28.7 Å². The Kier molecular flexibility index (Phi) is 3.01. The molecule has 3 aromatic carbocycles. The van der Waals surface area contributed by atoms with Crippen LogP contribution in [0, 0.1) is 11.3 Å². The normalized spacial score (nSPS) is 16.3. The summed E-state index contributed by atoms with van der Waals surface area (Å²) in [6.45, 7) is 2.16. The van der Waals surface area contributed by atoms with Crippen LogP contribution < -0.4 is 9.80 Å². The van der Waals surface area contributed by atoms with Crippen LogP contribution in [-0.4, -0.2) is 13.2 Å². The molecule has 1 atom stereocenters. The first-order valence-electron chi connectivity index (χ1n) is 8.65. The molecule has 0 saturated carbocycles. The molecule has 0 fully saturated rings. The van der Waals surface area contributed by atoms with Gasteiger partial charge in [-0.15, -0.1) is 0 Å². The van der Waals surface area contributed by atoms with E-state index in [4.69, 9.17) is 4.42 Å². The Bertz CT molecular complexity index is 1200. The summed E-state index contributed by atoms with van der Waals surface area (Å²) in [4.78, 5) is 4.47. The molecule has 4 heteroatoms. The van der Waals surface area contributed by atoms with Gasteiger partial charge in [0.15, 0.2) is 5.58 Å². The van der Waals surface area contributed by atoms with Crippen LogP contribution in [0.25, 0.3) is 21.9 Å². The van der Waals surface area contributed by atoms with Crippen LogP contribution in [0.3, 0.4) is 0 Å². The molecule has 1 aromatic heterocycles. The highest BCUT2D eigenvalue weighted by atomic mass is 16.3. The lowest BCUT2D eigenvalue weighted by atomic mass is 10.1. The van der Waals surface area contributed by atoms with Gasteiger partial charge in [0.2, 0.25) is 0 Å². The summed E-state index contributed by atoms with van der Waals surface area (Å²) in [5.41, 5.74) is 5.60. The molecule has 0 unspecified atom stereocenters. The Morgan fingerprint density at radius 1 is 0.923 bits per heavy atom. The summed E-state index contributed by atoms with van der Waals surface area (Å²) in [7, 11) is 2.08. The number of anilines is 3. The van der Waals surface area contributed by atoms with Crippen LogP contribution >= 0.6 is 0 Å². The fourth-order valence-electron chi connectivity index (χ4n) is 3.91. The van der Waals surface area contributed by atoms with Gasteiger partial charge in [0, 0.05) is 17.8 Å². The minimum atomic E-state index is 0.123. The number of nitrogens with zero attached hydrogens (tertiary/aromatic N) is 3. The van der Waals surface area contributed by atoms with Gasteiger partial charge in [-0.05, 0) is 37.3 Å². The Morgan fingerprint density at radius 2 is 1.73 bits per heavy atom. The Balaban J connectivity index is 1.80. The summed E-state index contributed by atoms with van der Waals surface area (Å²) in [6, 6.07) is 22.5. The molecule has 0 radical (unpaired) electrons. The van der Waals surface area contributed by atoms with Crippen molar-refractivity contribution in [2.75, 3.05) is 16.8 Å². The van der Waals surface area contributed by atoms with Crippen molar-refractivity contribution in [2.24, 2.45) is 0 Å². The van der Waals surface area contributed by atoms with E-state index in [0.717, 1.165) is 39.0 Å². The first kappa shape index (κ1) is 14.9. The third-order valence-corrected chi connectivity index (χ3v) is 5.32. The van der Waals surface area contributed by atoms with Crippen molar-refractivity contribution in [3.05, 3.63) is 66.2 Å². The lowest BCUT2D eigenvalue weighted by Gasteiger charge is -2.27. The quantitative estimate of drug-likeness (QED) is 0.466. The number of nitriles is 1. The molecule has 2 heterocycles. The topological polar surface area (TPSA) is 43.4 Å². The molecule has 1 aliphatic rings. The zero-order chi connectivity index (χ0) is 17.8. The van der Waals surface area contributed by atoms with E-state index in [0.29, 0.717) is 5.56 Å². The van der Waals surface area contributed by atoms with E-state index in [-0.39, 0.29) is 6.17 Å².